The lowest BCUT2D eigenvalue weighted by atomic mass is 10.0. The van der Waals surface area contributed by atoms with E-state index in [1.165, 1.54) is 0 Å². The largest absolute Gasteiger partial charge is 0.350 e. The molecule has 0 radical (unpaired) electrons. The van der Waals surface area contributed by atoms with Crippen molar-refractivity contribution in [1.82, 2.24) is 10.2 Å². The molecule has 1 N–H and O–H groups in total. The molecule has 0 aromatic heterocycles. The van der Waals surface area contributed by atoms with E-state index in [0.717, 1.165) is 11.1 Å². The van der Waals surface area contributed by atoms with Gasteiger partial charge in [0.1, 0.15) is 6.04 Å². The monoisotopic (exact) mass is 414 g/mol. The molecular formula is C24H31ClN2O2. The first-order chi connectivity index (χ1) is 13.7. The zero-order valence-electron chi connectivity index (χ0n) is 17.7. The molecule has 0 spiro atoms. The van der Waals surface area contributed by atoms with Crippen molar-refractivity contribution in [1.29, 1.82) is 0 Å². The molecule has 0 unspecified atom stereocenters. The van der Waals surface area contributed by atoms with Crippen molar-refractivity contribution >= 4 is 23.4 Å². The highest BCUT2D eigenvalue weighted by Gasteiger charge is 2.30. The minimum Gasteiger partial charge on any atom is -0.350 e. The summed E-state index contributed by atoms with van der Waals surface area (Å²) in [5.74, 6) is -0.151. The number of rotatable bonds is 8. The third-order valence-corrected chi connectivity index (χ3v) is 4.87. The summed E-state index contributed by atoms with van der Waals surface area (Å²) in [6.45, 7) is 8.14. The lowest BCUT2D eigenvalue weighted by molar-refractivity contribution is -0.142. The Labute approximate surface area is 179 Å². The molecule has 0 saturated carbocycles. The number of benzene rings is 2. The summed E-state index contributed by atoms with van der Waals surface area (Å²) in [5, 5.41) is 3.67. The van der Waals surface area contributed by atoms with Crippen molar-refractivity contribution in [2.75, 3.05) is 0 Å². The molecule has 0 heterocycles. The Hall–Kier alpha value is -2.33. The molecule has 2 aromatic carbocycles. The maximum absolute atomic E-state index is 13.2. The van der Waals surface area contributed by atoms with E-state index in [0.29, 0.717) is 30.8 Å². The van der Waals surface area contributed by atoms with Crippen LogP contribution in [0.2, 0.25) is 5.02 Å². The van der Waals surface area contributed by atoms with Gasteiger partial charge in [0.15, 0.2) is 0 Å². The molecule has 5 heteroatoms. The molecule has 1 atom stereocenters. The van der Waals surface area contributed by atoms with Crippen LogP contribution >= 0.6 is 11.6 Å². The SMILES string of the molecule is CC[C@@H](C(=O)NC(C)(C)C)N(Cc1ccc(Cl)cc1)C(=O)CCc1ccccc1. The molecule has 0 aliphatic heterocycles. The second-order valence-electron chi connectivity index (χ2n) is 8.30. The van der Waals surface area contributed by atoms with Gasteiger partial charge in [-0.2, -0.15) is 0 Å². The lowest BCUT2D eigenvalue weighted by Crippen LogP contribution is -2.53. The molecule has 29 heavy (non-hydrogen) atoms. The van der Waals surface area contributed by atoms with Crippen LogP contribution in [0.4, 0.5) is 0 Å². The predicted octanol–water partition coefficient (Wildman–Crippen LogP) is 4.99. The number of amides is 2. The molecule has 0 saturated heterocycles. The standard InChI is InChI=1S/C24H31ClN2O2/c1-5-21(23(29)26-24(2,3)4)27(17-19-11-14-20(25)15-12-19)22(28)16-13-18-9-7-6-8-10-18/h6-12,14-15,21H,5,13,16-17H2,1-4H3,(H,26,29)/t21-/m0/s1. The highest BCUT2D eigenvalue weighted by Crippen LogP contribution is 2.17. The maximum Gasteiger partial charge on any atom is 0.243 e. The van der Waals surface area contributed by atoms with Crippen molar-refractivity contribution in [3.8, 4) is 0 Å². The van der Waals surface area contributed by atoms with Crippen molar-refractivity contribution in [2.45, 2.75) is 65.1 Å². The van der Waals surface area contributed by atoms with Crippen LogP contribution in [0, 0.1) is 0 Å². The number of hydrogen-bond acceptors (Lipinski definition) is 2. The van der Waals surface area contributed by atoms with Gasteiger partial charge < -0.3 is 10.2 Å². The fourth-order valence-corrected chi connectivity index (χ4v) is 3.32. The van der Waals surface area contributed by atoms with Gasteiger partial charge in [-0.05, 0) is 56.9 Å². The van der Waals surface area contributed by atoms with E-state index in [1.807, 2.05) is 70.2 Å². The second-order valence-corrected chi connectivity index (χ2v) is 8.73. The van der Waals surface area contributed by atoms with Gasteiger partial charge >= 0.3 is 0 Å². The maximum atomic E-state index is 13.2. The van der Waals surface area contributed by atoms with E-state index in [4.69, 9.17) is 11.6 Å². The quantitative estimate of drug-likeness (QED) is 0.661. The van der Waals surface area contributed by atoms with Crippen LogP contribution in [0.5, 0.6) is 0 Å². The number of nitrogens with one attached hydrogen (secondary N) is 1. The second kappa shape index (κ2) is 10.4. The predicted molar refractivity (Wildman–Crippen MR) is 119 cm³/mol. The highest BCUT2D eigenvalue weighted by atomic mass is 35.5. The van der Waals surface area contributed by atoms with E-state index < -0.39 is 6.04 Å². The Morgan fingerprint density at radius 2 is 1.62 bits per heavy atom. The summed E-state index contributed by atoms with van der Waals surface area (Å²) < 4.78 is 0. The molecule has 0 aliphatic rings. The summed E-state index contributed by atoms with van der Waals surface area (Å²) in [6.07, 6.45) is 1.55. The van der Waals surface area contributed by atoms with Crippen LogP contribution in [0.15, 0.2) is 54.6 Å². The summed E-state index contributed by atoms with van der Waals surface area (Å²) in [6, 6.07) is 16.8. The zero-order chi connectivity index (χ0) is 21.4. The summed E-state index contributed by atoms with van der Waals surface area (Å²) >= 11 is 6.00. The molecule has 2 rings (SSSR count). The van der Waals surface area contributed by atoms with Gasteiger partial charge in [-0.1, -0.05) is 61.0 Å². The van der Waals surface area contributed by atoms with Gasteiger partial charge in [0.25, 0.3) is 0 Å². The van der Waals surface area contributed by atoms with Crippen molar-refractivity contribution < 1.29 is 9.59 Å². The van der Waals surface area contributed by atoms with Crippen LogP contribution in [0.3, 0.4) is 0 Å². The first-order valence-corrected chi connectivity index (χ1v) is 10.5. The first kappa shape index (κ1) is 23.0. The van der Waals surface area contributed by atoms with E-state index in [9.17, 15) is 9.59 Å². The fourth-order valence-electron chi connectivity index (χ4n) is 3.20. The Bertz CT molecular complexity index is 798. The van der Waals surface area contributed by atoms with E-state index in [1.54, 1.807) is 17.0 Å². The highest BCUT2D eigenvalue weighted by molar-refractivity contribution is 6.30. The normalized spacial score (nSPS) is 12.3. The zero-order valence-corrected chi connectivity index (χ0v) is 18.5. The molecule has 0 bridgehead atoms. The molecule has 2 aromatic rings. The molecule has 0 aliphatic carbocycles. The minimum atomic E-state index is -0.520. The number of nitrogens with zero attached hydrogens (tertiary/aromatic N) is 1. The van der Waals surface area contributed by atoms with Crippen molar-refractivity contribution in [3.63, 3.8) is 0 Å². The molecule has 2 amide bonds. The molecule has 156 valence electrons. The van der Waals surface area contributed by atoms with Crippen molar-refractivity contribution in [3.05, 3.63) is 70.7 Å². The summed E-state index contributed by atoms with van der Waals surface area (Å²) in [5.41, 5.74) is 1.70. The number of carbonyl (C=O) groups is 2. The van der Waals surface area contributed by atoms with Gasteiger partial charge in [-0.3, -0.25) is 9.59 Å². The Morgan fingerprint density at radius 1 is 1.00 bits per heavy atom. The molecule has 0 fully saturated rings. The number of halogens is 1. The average molecular weight is 415 g/mol. The topological polar surface area (TPSA) is 49.4 Å². The fraction of sp³-hybridized carbons (Fsp3) is 0.417. The van der Waals surface area contributed by atoms with E-state index in [2.05, 4.69) is 5.32 Å². The van der Waals surface area contributed by atoms with Crippen LogP contribution in [-0.2, 0) is 22.6 Å². The number of carbonyl (C=O) groups excluding carboxylic acids is 2. The van der Waals surface area contributed by atoms with Crippen LogP contribution in [0.25, 0.3) is 0 Å². The van der Waals surface area contributed by atoms with Gasteiger partial charge in [-0.25, -0.2) is 0 Å². The smallest absolute Gasteiger partial charge is 0.243 e. The third kappa shape index (κ3) is 7.54. The summed E-state index contributed by atoms with van der Waals surface area (Å²) in [7, 11) is 0. The van der Waals surface area contributed by atoms with Gasteiger partial charge in [0.2, 0.25) is 11.8 Å². The van der Waals surface area contributed by atoms with Crippen LogP contribution in [-0.4, -0.2) is 28.3 Å². The Balaban J connectivity index is 2.21. The van der Waals surface area contributed by atoms with Crippen LogP contribution in [0.1, 0.15) is 51.7 Å². The van der Waals surface area contributed by atoms with E-state index >= 15 is 0 Å². The van der Waals surface area contributed by atoms with Gasteiger partial charge in [0.05, 0.1) is 0 Å². The van der Waals surface area contributed by atoms with Crippen molar-refractivity contribution in [2.24, 2.45) is 0 Å². The Kier molecular flexibility index (Phi) is 8.27. The number of hydrogen-bond donors (Lipinski definition) is 1. The number of aryl methyl sites for hydroxylation is 1. The third-order valence-electron chi connectivity index (χ3n) is 4.62. The van der Waals surface area contributed by atoms with E-state index in [-0.39, 0.29) is 17.4 Å². The summed E-state index contributed by atoms with van der Waals surface area (Å²) in [4.78, 5) is 27.8. The molecular weight excluding hydrogens is 384 g/mol. The Morgan fingerprint density at radius 3 is 2.17 bits per heavy atom. The lowest BCUT2D eigenvalue weighted by Gasteiger charge is -2.33. The minimum absolute atomic E-state index is 0.0280. The van der Waals surface area contributed by atoms with Gasteiger partial charge in [-0.15, -0.1) is 0 Å². The first-order valence-electron chi connectivity index (χ1n) is 10.1. The van der Waals surface area contributed by atoms with Gasteiger partial charge in [0, 0.05) is 23.5 Å². The van der Waals surface area contributed by atoms with Crippen LogP contribution < -0.4 is 5.32 Å². The molecule has 4 nitrogen and oxygen atoms in total. The average Bonchev–Trinajstić information content (AvgIpc) is 2.67.